The summed E-state index contributed by atoms with van der Waals surface area (Å²) in [6.07, 6.45) is 0. The van der Waals surface area contributed by atoms with Crippen LogP contribution < -0.4 is 0 Å². The van der Waals surface area contributed by atoms with Crippen LogP contribution in [0.15, 0.2) is 6.07 Å². The summed E-state index contributed by atoms with van der Waals surface area (Å²) in [7, 11) is 0. The number of aryl methyl sites for hydroxylation is 1. The second kappa shape index (κ2) is 5.61. The highest BCUT2D eigenvalue weighted by atomic mass is 14.9. The molecule has 98 valence electrons. The van der Waals surface area contributed by atoms with Crippen LogP contribution in [0, 0.1) is 6.92 Å². The van der Waals surface area contributed by atoms with Crippen molar-refractivity contribution in [2.75, 3.05) is 0 Å². The average molecular weight is 236 g/mol. The molecule has 0 fully saturated rings. The van der Waals surface area contributed by atoms with Gasteiger partial charge in [0.05, 0.1) is 0 Å². The van der Waals surface area contributed by atoms with E-state index in [9.17, 15) is 0 Å². The summed E-state index contributed by atoms with van der Waals surface area (Å²) in [4.78, 5) is 9.02. The number of nitrogens with zero attached hydrogens (tertiary/aromatic N) is 2. The number of hydrogen-bond donors (Lipinski definition) is 0. The zero-order chi connectivity index (χ0) is 13.9. The van der Waals surface area contributed by atoms with Gasteiger partial charge in [-0.05, 0) is 13.0 Å². The molecule has 0 saturated carbocycles. The molecule has 0 amide bonds. The van der Waals surface area contributed by atoms with Crippen molar-refractivity contribution in [2.45, 2.75) is 73.1 Å². The van der Waals surface area contributed by atoms with E-state index in [1.54, 1.807) is 0 Å². The molecule has 1 heterocycles. The monoisotopic (exact) mass is 236 g/mol. The maximum absolute atomic E-state index is 4.51. The third-order valence-corrected chi connectivity index (χ3v) is 2.37. The molecule has 1 aromatic heterocycles. The van der Waals surface area contributed by atoms with Crippen molar-refractivity contribution in [3.8, 4) is 0 Å². The lowest BCUT2D eigenvalue weighted by atomic mass is 9.86. The molecule has 0 aliphatic heterocycles. The van der Waals surface area contributed by atoms with Gasteiger partial charge in [-0.3, -0.25) is 0 Å². The fourth-order valence-corrected chi connectivity index (χ4v) is 1.34. The normalized spacial score (nSPS) is 11.8. The molecule has 1 aromatic rings. The molecule has 0 atom stereocenters. The van der Waals surface area contributed by atoms with Gasteiger partial charge in [0.15, 0.2) is 0 Å². The summed E-state index contributed by atoms with van der Waals surface area (Å²) in [5.41, 5.74) is 2.43. The van der Waals surface area contributed by atoms with Gasteiger partial charge in [-0.2, -0.15) is 0 Å². The van der Waals surface area contributed by atoms with Crippen LogP contribution in [0.3, 0.4) is 0 Å². The molecule has 0 spiro atoms. The number of hydrogen-bond acceptors (Lipinski definition) is 2. The van der Waals surface area contributed by atoms with Crippen molar-refractivity contribution in [1.29, 1.82) is 0 Å². The van der Waals surface area contributed by atoms with Crippen LogP contribution >= 0.6 is 0 Å². The molecular formula is C15H28N2. The fraction of sp³-hybridized carbons (Fsp3) is 0.733. The van der Waals surface area contributed by atoms with Crippen LogP contribution in [0.5, 0.6) is 0 Å². The maximum Gasteiger partial charge on any atom is 0.125 e. The predicted molar refractivity (Wildman–Crippen MR) is 75.5 cm³/mol. The molecule has 2 heteroatoms. The van der Waals surface area contributed by atoms with Gasteiger partial charge in [0, 0.05) is 22.2 Å². The Bertz CT molecular complexity index is 322. The highest BCUT2D eigenvalue weighted by molar-refractivity contribution is 5.22. The van der Waals surface area contributed by atoms with Gasteiger partial charge in [-0.15, -0.1) is 0 Å². The molecule has 17 heavy (non-hydrogen) atoms. The standard InChI is InChI=1S/C13H22N2.C2H6/c1-9-14-10(12(2,3)4)8-11(15-9)13(5,6)7;1-2/h8H,1-7H3;1-2H3. The maximum atomic E-state index is 4.51. The van der Waals surface area contributed by atoms with Crippen LogP contribution in [-0.4, -0.2) is 9.97 Å². The number of aromatic nitrogens is 2. The Morgan fingerprint density at radius 2 is 1.06 bits per heavy atom. The van der Waals surface area contributed by atoms with Crippen LogP contribution in [0.1, 0.15) is 72.6 Å². The van der Waals surface area contributed by atoms with Crippen LogP contribution in [-0.2, 0) is 10.8 Å². The fourth-order valence-electron chi connectivity index (χ4n) is 1.34. The van der Waals surface area contributed by atoms with Crippen molar-refractivity contribution in [1.82, 2.24) is 9.97 Å². The van der Waals surface area contributed by atoms with E-state index in [-0.39, 0.29) is 10.8 Å². The minimum atomic E-state index is 0.0910. The van der Waals surface area contributed by atoms with E-state index < -0.39 is 0 Å². The highest BCUT2D eigenvalue weighted by Crippen LogP contribution is 2.26. The largest absolute Gasteiger partial charge is 0.238 e. The second-order valence-corrected chi connectivity index (χ2v) is 6.19. The van der Waals surface area contributed by atoms with Gasteiger partial charge in [-0.25, -0.2) is 9.97 Å². The third-order valence-electron chi connectivity index (χ3n) is 2.37. The molecule has 2 nitrogen and oxygen atoms in total. The Hall–Kier alpha value is -0.920. The summed E-state index contributed by atoms with van der Waals surface area (Å²) in [5, 5.41) is 0. The lowest BCUT2D eigenvalue weighted by Gasteiger charge is -2.23. The van der Waals surface area contributed by atoms with E-state index in [0.29, 0.717) is 0 Å². The third kappa shape index (κ3) is 4.84. The average Bonchev–Trinajstić information content (AvgIpc) is 2.17. The zero-order valence-electron chi connectivity index (χ0n) is 13.0. The van der Waals surface area contributed by atoms with Crippen LogP contribution in [0.2, 0.25) is 0 Å². The van der Waals surface area contributed by atoms with Crippen molar-refractivity contribution in [3.05, 3.63) is 23.3 Å². The van der Waals surface area contributed by atoms with Crippen molar-refractivity contribution in [3.63, 3.8) is 0 Å². The Labute approximate surface area is 107 Å². The van der Waals surface area contributed by atoms with Crippen molar-refractivity contribution in [2.24, 2.45) is 0 Å². The first-order valence-corrected chi connectivity index (χ1v) is 6.47. The minimum Gasteiger partial charge on any atom is -0.238 e. The second-order valence-electron chi connectivity index (χ2n) is 6.19. The first kappa shape index (κ1) is 16.1. The van der Waals surface area contributed by atoms with Gasteiger partial charge in [0.1, 0.15) is 5.82 Å². The molecule has 0 aliphatic carbocycles. The van der Waals surface area contributed by atoms with Gasteiger partial charge in [0.2, 0.25) is 0 Å². The molecule has 0 bridgehead atoms. The quantitative estimate of drug-likeness (QED) is 0.667. The molecule has 0 saturated heterocycles. The lowest BCUT2D eigenvalue weighted by Crippen LogP contribution is -2.20. The Kier molecular flexibility index (Phi) is 5.31. The Morgan fingerprint density at radius 3 is 1.29 bits per heavy atom. The molecule has 1 rings (SSSR count). The predicted octanol–water partition coefficient (Wildman–Crippen LogP) is 4.41. The summed E-state index contributed by atoms with van der Waals surface area (Å²) < 4.78 is 0. The molecule has 0 radical (unpaired) electrons. The van der Waals surface area contributed by atoms with Crippen LogP contribution in [0.4, 0.5) is 0 Å². The first-order valence-electron chi connectivity index (χ1n) is 6.47. The summed E-state index contributed by atoms with van der Waals surface area (Å²) >= 11 is 0. The van der Waals surface area contributed by atoms with Crippen molar-refractivity contribution >= 4 is 0 Å². The molecule has 0 N–H and O–H groups in total. The van der Waals surface area contributed by atoms with E-state index >= 15 is 0 Å². The summed E-state index contributed by atoms with van der Waals surface area (Å²) in [5.74, 6) is 0.868. The molecule has 0 aromatic carbocycles. The van der Waals surface area contributed by atoms with E-state index in [0.717, 1.165) is 17.2 Å². The van der Waals surface area contributed by atoms with Gasteiger partial charge >= 0.3 is 0 Å². The molecule has 0 aliphatic rings. The van der Waals surface area contributed by atoms with E-state index in [4.69, 9.17) is 0 Å². The van der Waals surface area contributed by atoms with E-state index in [1.807, 2.05) is 20.8 Å². The van der Waals surface area contributed by atoms with Crippen molar-refractivity contribution < 1.29 is 0 Å². The van der Waals surface area contributed by atoms with E-state index in [1.165, 1.54) is 0 Å². The van der Waals surface area contributed by atoms with Gasteiger partial charge in [-0.1, -0.05) is 55.4 Å². The Balaban J connectivity index is 0.00000121. The molecular weight excluding hydrogens is 208 g/mol. The summed E-state index contributed by atoms with van der Waals surface area (Å²) in [6, 6.07) is 2.13. The zero-order valence-corrected chi connectivity index (χ0v) is 13.0. The van der Waals surface area contributed by atoms with Gasteiger partial charge in [0.25, 0.3) is 0 Å². The van der Waals surface area contributed by atoms with Gasteiger partial charge < -0.3 is 0 Å². The Morgan fingerprint density at radius 1 is 0.765 bits per heavy atom. The lowest BCUT2D eigenvalue weighted by molar-refractivity contribution is 0.533. The first-order chi connectivity index (χ1) is 7.60. The van der Waals surface area contributed by atoms with Crippen LogP contribution in [0.25, 0.3) is 0 Å². The highest BCUT2D eigenvalue weighted by Gasteiger charge is 2.21. The topological polar surface area (TPSA) is 25.8 Å². The molecule has 0 unspecified atom stereocenters. The van der Waals surface area contributed by atoms with E-state index in [2.05, 4.69) is 57.6 Å². The summed E-state index contributed by atoms with van der Waals surface area (Å²) in [6.45, 7) is 19.1. The minimum absolute atomic E-state index is 0.0910. The SMILES string of the molecule is CC.Cc1nc(C(C)(C)C)cc(C(C)(C)C)n1. The number of rotatable bonds is 0. The smallest absolute Gasteiger partial charge is 0.125 e.